The van der Waals surface area contributed by atoms with Crippen LogP contribution >= 0.6 is 11.3 Å². The minimum absolute atomic E-state index is 0.201. The molecule has 1 saturated heterocycles. The fourth-order valence-corrected chi connectivity index (χ4v) is 5.92. The van der Waals surface area contributed by atoms with Gasteiger partial charge in [0, 0.05) is 19.6 Å². The molecule has 2 heterocycles. The van der Waals surface area contributed by atoms with Crippen LogP contribution < -0.4 is 16.4 Å². The number of likely N-dealkylation sites (tertiary alicyclic amines) is 1. The minimum Gasteiger partial charge on any atom is -0.378 e. The zero-order valence-corrected chi connectivity index (χ0v) is 29.6. The van der Waals surface area contributed by atoms with Crippen LogP contribution in [0.3, 0.4) is 0 Å². The van der Waals surface area contributed by atoms with Gasteiger partial charge in [0.1, 0.15) is 18.7 Å². The van der Waals surface area contributed by atoms with Gasteiger partial charge in [0.15, 0.2) is 0 Å². The topological polar surface area (TPSA) is 164 Å². The molecule has 2 aromatic rings. The molecule has 1 aromatic heterocycles. The summed E-state index contributed by atoms with van der Waals surface area (Å²) >= 11 is 1.60. The van der Waals surface area contributed by atoms with E-state index in [0.717, 1.165) is 21.7 Å². The van der Waals surface area contributed by atoms with Crippen molar-refractivity contribution in [2.75, 3.05) is 79.2 Å². The third-order valence-electron chi connectivity index (χ3n) is 7.67. The van der Waals surface area contributed by atoms with Crippen LogP contribution in [-0.2, 0) is 44.6 Å². The summed E-state index contributed by atoms with van der Waals surface area (Å²) in [6, 6.07) is 6.62. The molecule has 0 radical (unpaired) electrons. The van der Waals surface area contributed by atoms with Crippen molar-refractivity contribution >= 4 is 29.1 Å². The smallest absolute Gasteiger partial charge is 0.246 e. The molecule has 1 fully saturated rings. The molecule has 1 aliphatic heterocycles. The van der Waals surface area contributed by atoms with Crippen molar-refractivity contribution in [1.82, 2.24) is 20.5 Å². The van der Waals surface area contributed by atoms with Crippen LogP contribution in [0.25, 0.3) is 10.4 Å². The van der Waals surface area contributed by atoms with Crippen LogP contribution in [0.15, 0.2) is 29.8 Å². The lowest BCUT2D eigenvalue weighted by Crippen LogP contribution is -2.58. The summed E-state index contributed by atoms with van der Waals surface area (Å²) in [7, 11) is 0. The molecule has 1 aromatic carbocycles. The van der Waals surface area contributed by atoms with E-state index in [1.807, 2.05) is 57.5 Å². The van der Waals surface area contributed by atoms with Crippen molar-refractivity contribution in [3.8, 4) is 10.4 Å². The van der Waals surface area contributed by atoms with Crippen LogP contribution in [0, 0.1) is 12.3 Å². The highest BCUT2D eigenvalue weighted by Gasteiger charge is 2.41. The third kappa shape index (κ3) is 13.5. The molecule has 0 aliphatic carbocycles. The first kappa shape index (κ1) is 39.5. The van der Waals surface area contributed by atoms with E-state index in [0.29, 0.717) is 85.3 Å². The number of thiazole rings is 1. The lowest BCUT2D eigenvalue weighted by molar-refractivity contribution is -0.144. The highest BCUT2D eigenvalue weighted by Crippen LogP contribution is 2.28. The number of hydrogen-bond donors (Lipinski definition) is 3. The van der Waals surface area contributed by atoms with Crippen LogP contribution in [0.1, 0.15) is 44.9 Å². The summed E-state index contributed by atoms with van der Waals surface area (Å²) < 4.78 is 27.0. The Labute approximate surface area is 288 Å². The summed E-state index contributed by atoms with van der Waals surface area (Å²) in [4.78, 5) is 46.8. The first-order valence-corrected chi connectivity index (χ1v) is 17.5. The quantitative estimate of drug-likeness (QED) is 0.156. The fraction of sp³-hybridized carbons (Fsp3) is 0.647. The number of nitrogens with two attached hydrogens (primary N) is 1. The number of aromatic nitrogens is 1. The maximum absolute atomic E-state index is 13.7. The van der Waals surface area contributed by atoms with Crippen molar-refractivity contribution in [3.05, 3.63) is 41.0 Å². The van der Waals surface area contributed by atoms with E-state index in [9.17, 15) is 14.4 Å². The number of nitrogens with one attached hydrogen (secondary N) is 2. The number of nitrogens with zero attached hydrogens (tertiary/aromatic N) is 2. The van der Waals surface area contributed by atoms with Gasteiger partial charge >= 0.3 is 0 Å². The second kappa shape index (κ2) is 21.2. The fourth-order valence-electron chi connectivity index (χ4n) is 5.11. The Morgan fingerprint density at radius 1 is 0.938 bits per heavy atom. The molecule has 3 amide bonds. The van der Waals surface area contributed by atoms with Gasteiger partial charge in [-0.2, -0.15) is 0 Å². The Bertz CT molecular complexity index is 1250. The highest BCUT2D eigenvalue weighted by atomic mass is 32.1. The standard InChI is InChI=1S/C34H53N5O8S/c1-25-30(48-24-37-25)27-9-7-26(8-10-27)22-36-32(41)28-6-5-12-39(28)33(42)31(34(2,3)4)38-29(40)23-47-21-20-46-19-18-45-17-16-44-15-14-43-13-11-35/h7-10,24,28,31H,5-6,11-23,35H2,1-4H3,(H,36,41)(H,38,40). The normalized spacial score (nSPS) is 15.4. The van der Waals surface area contributed by atoms with E-state index in [1.54, 1.807) is 16.2 Å². The maximum Gasteiger partial charge on any atom is 0.246 e. The Morgan fingerprint density at radius 2 is 1.52 bits per heavy atom. The molecule has 268 valence electrons. The molecule has 2 unspecified atom stereocenters. The molecule has 1 aliphatic rings. The van der Waals surface area contributed by atoms with Crippen LogP contribution in [0.2, 0.25) is 0 Å². The molecular weight excluding hydrogens is 638 g/mol. The van der Waals surface area contributed by atoms with Crippen molar-refractivity contribution in [1.29, 1.82) is 0 Å². The Kier molecular flexibility index (Phi) is 17.4. The zero-order chi connectivity index (χ0) is 34.8. The van der Waals surface area contributed by atoms with Gasteiger partial charge in [-0.05, 0) is 36.3 Å². The number of aryl methyl sites for hydroxylation is 1. The number of amides is 3. The number of carbonyl (C=O) groups excluding carboxylic acids is 3. The number of hydrogen-bond acceptors (Lipinski definition) is 11. The van der Waals surface area contributed by atoms with Gasteiger partial charge in [0.2, 0.25) is 17.7 Å². The van der Waals surface area contributed by atoms with E-state index in [-0.39, 0.29) is 25.0 Å². The molecule has 14 heteroatoms. The van der Waals surface area contributed by atoms with Gasteiger partial charge in [-0.25, -0.2) is 4.98 Å². The highest BCUT2D eigenvalue weighted by molar-refractivity contribution is 7.13. The van der Waals surface area contributed by atoms with E-state index < -0.39 is 23.4 Å². The van der Waals surface area contributed by atoms with E-state index >= 15 is 0 Å². The van der Waals surface area contributed by atoms with Gasteiger partial charge in [-0.1, -0.05) is 45.0 Å². The molecular formula is C34H53N5O8S. The lowest BCUT2D eigenvalue weighted by atomic mass is 9.85. The van der Waals surface area contributed by atoms with E-state index in [4.69, 9.17) is 29.4 Å². The Morgan fingerprint density at radius 3 is 2.06 bits per heavy atom. The van der Waals surface area contributed by atoms with Crippen molar-refractivity contribution in [2.24, 2.45) is 11.1 Å². The zero-order valence-electron chi connectivity index (χ0n) is 28.8. The molecule has 0 saturated carbocycles. The summed E-state index contributed by atoms with van der Waals surface area (Å²) in [5.74, 6) is -0.878. The minimum atomic E-state index is -0.819. The van der Waals surface area contributed by atoms with E-state index in [2.05, 4.69) is 15.6 Å². The molecule has 48 heavy (non-hydrogen) atoms. The predicted octanol–water partition coefficient (Wildman–Crippen LogP) is 2.30. The van der Waals surface area contributed by atoms with Gasteiger partial charge in [-0.15, -0.1) is 11.3 Å². The first-order chi connectivity index (χ1) is 23.1. The van der Waals surface area contributed by atoms with Crippen molar-refractivity contribution in [2.45, 2.75) is 59.2 Å². The van der Waals surface area contributed by atoms with Crippen molar-refractivity contribution in [3.63, 3.8) is 0 Å². The summed E-state index contributed by atoms with van der Waals surface area (Å²) in [5, 5.41) is 5.84. The number of rotatable bonds is 22. The summed E-state index contributed by atoms with van der Waals surface area (Å²) in [6.07, 6.45) is 1.28. The second-order valence-corrected chi connectivity index (χ2v) is 13.4. The number of ether oxygens (including phenoxy) is 5. The largest absolute Gasteiger partial charge is 0.378 e. The number of benzene rings is 1. The molecule has 4 N–H and O–H groups in total. The Balaban J connectivity index is 1.35. The predicted molar refractivity (Wildman–Crippen MR) is 183 cm³/mol. The van der Waals surface area contributed by atoms with Crippen LogP contribution in [0.5, 0.6) is 0 Å². The Hall–Kier alpha value is -2.98. The average Bonchev–Trinajstić information content (AvgIpc) is 3.73. The second-order valence-electron chi connectivity index (χ2n) is 12.5. The third-order valence-corrected chi connectivity index (χ3v) is 8.65. The number of carbonyl (C=O) groups is 3. The average molecular weight is 692 g/mol. The van der Waals surface area contributed by atoms with Crippen LogP contribution in [0.4, 0.5) is 0 Å². The summed E-state index contributed by atoms with van der Waals surface area (Å²) in [5.41, 5.74) is 9.64. The maximum atomic E-state index is 13.7. The van der Waals surface area contributed by atoms with Crippen molar-refractivity contribution < 1.29 is 38.1 Å². The molecule has 3 rings (SSSR count). The molecule has 13 nitrogen and oxygen atoms in total. The van der Waals surface area contributed by atoms with Gasteiger partial charge < -0.3 is 45.0 Å². The van der Waals surface area contributed by atoms with Crippen LogP contribution in [-0.4, -0.2) is 119 Å². The van der Waals surface area contributed by atoms with Gasteiger partial charge in [-0.3, -0.25) is 14.4 Å². The first-order valence-electron chi connectivity index (χ1n) is 16.6. The van der Waals surface area contributed by atoms with Gasteiger partial charge in [0.05, 0.1) is 75.5 Å². The molecule has 2 atom stereocenters. The SMILES string of the molecule is Cc1ncsc1-c1ccc(CNC(=O)C2CCCN2C(=O)C(NC(=O)COCCOCCOCCOCCOCCN)C(C)(C)C)cc1. The lowest BCUT2D eigenvalue weighted by Gasteiger charge is -2.35. The van der Waals surface area contributed by atoms with Gasteiger partial charge in [0.25, 0.3) is 0 Å². The molecule has 0 bridgehead atoms. The van der Waals surface area contributed by atoms with E-state index in [1.165, 1.54) is 0 Å². The summed E-state index contributed by atoms with van der Waals surface area (Å²) in [6.45, 7) is 12.5. The monoisotopic (exact) mass is 691 g/mol. The molecule has 0 spiro atoms.